The Morgan fingerprint density at radius 2 is 1.86 bits per heavy atom. The molecule has 3 rings (SSSR count). The van der Waals surface area contributed by atoms with Crippen molar-refractivity contribution in [1.29, 1.82) is 0 Å². The van der Waals surface area contributed by atoms with E-state index in [9.17, 15) is 0 Å². The van der Waals surface area contributed by atoms with E-state index >= 15 is 0 Å². The van der Waals surface area contributed by atoms with Crippen LogP contribution < -0.4 is 0 Å². The maximum atomic E-state index is 5.87. The molecule has 22 heavy (non-hydrogen) atoms. The summed E-state index contributed by atoms with van der Waals surface area (Å²) in [5.74, 6) is 0.525. The van der Waals surface area contributed by atoms with Crippen molar-refractivity contribution in [2.45, 2.75) is 25.9 Å². The van der Waals surface area contributed by atoms with Gasteiger partial charge in [0, 0.05) is 11.1 Å². The molecule has 0 aliphatic carbocycles. The molecule has 1 aromatic carbocycles. The Morgan fingerprint density at radius 3 is 2.59 bits per heavy atom. The van der Waals surface area contributed by atoms with Gasteiger partial charge in [-0.3, -0.25) is 4.90 Å². The fourth-order valence-corrected chi connectivity index (χ4v) is 2.82. The van der Waals surface area contributed by atoms with E-state index in [0.717, 1.165) is 23.7 Å². The lowest BCUT2D eigenvalue weighted by atomic mass is 10.1. The van der Waals surface area contributed by atoms with Crippen molar-refractivity contribution in [2.24, 2.45) is 0 Å². The van der Waals surface area contributed by atoms with Crippen LogP contribution in [0, 0.1) is 4.84 Å². The van der Waals surface area contributed by atoms with E-state index in [-0.39, 0.29) is 0 Å². The van der Waals surface area contributed by atoms with Crippen LogP contribution in [0.25, 0.3) is 12.2 Å². The molecular formula is C16H18ClN3OS. The molecule has 0 unspecified atom stereocenters. The fourth-order valence-electron chi connectivity index (χ4n) is 2.51. The van der Waals surface area contributed by atoms with Gasteiger partial charge in [-0.2, -0.15) is 0 Å². The first kappa shape index (κ1) is 15.5. The highest BCUT2D eigenvalue weighted by atomic mass is 35.5. The number of benzene rings is 1. The zero-order valence-electron chi connectivity index (χ0n) is 12.2. The molecule has 1 fully saturated rings. The molecule has 0 radical (unpaired) electrons. The average molecular weight is 336 g/mol. The quantitative estimate of drug-likeness (QED) is 0.772. The molecule has 0 atom stereocenters. The van der Waals surface area contributed by atoms with Crippen LogP contribution >= 0.6 is 23.8 Å². The highest BCUT2D eigenvalue weighted by Gasteiger charge is 2.12. The molecule has 0 amide bonds. The van der Waals surface area contributed by atoms with Gasteiger partial charge in [0.15, 0.2) is 0 Å². The van der Waals surface area contributed by atoms with Gasteiger partial charge in [0.2, 0.25) is 5.89 Å². The molecule has 0 N–H and O–H groups in total. The van der Waals surface area contributed by atoms with E-state index in [4.69, 9.17) is 28.2 Å². The number of aromatic nitrogens is 2. The Labute approximate surface area is 140 Å². The number of hydrogen-bond donors (Lipinski definition) is 0. The van der Waals surface area contributed by atoms with E-state index in [2.05, 4.69) is 10.00 Å². The average Bonchev–Trinajstić information content (AvgIpc) is 2.88. The highest BCUT2D eigenvalue weighted by Crippen LogP contribution is 2.13. The maximum Gasteiger partial charge on any atom is 0.288 e. The normalized spacial score (nSPS) is 16.4. The van der Waals surface area contributed by atoms with Crippen LogP contribution in [0.15, 0.2) is 28.7 Å². The summed E-state index contributed by atoms with van der Waals surface area (Å²) in [5.41, 5.74) is 1.04. The van der Waals surface area contributed by atoms with Crippen LogP contribution in [0.2, 0.25) is 5.02 Å². The maximum absolute atomic E-state index is 5.87. The largest absolute Gasteiger partial charge is 0.410 e. The molecular weight excluding hydrogens is 318 g/mol. The first-order valence-corrected chi connectivity index (χ1v) is 8.23. The second kappa shape index (κ2) is 7.22. The molecule has 0 spiro atoms. The van der Waals surface area contributed by atoms with E-state index in [1.54, 1.807) is 4.68 Å². The van der Waals surface area contributed by atoms with Crippen molar-refractivity contribution in [3.8, 4) is 0 Å². The van der Waals surface area contributed by atoms with E-state index in [1.165, 1.54) is 19.3 Å². The van der Waals surface area contributed by atoms with Crippen LogP contribution in [0.1, 0.15) is 30.7 Å². The van der Waals surface area contributed by atoms with Crippen LogP contribution in [0.3, 0.4) is 0 Å². The molecule has 6 heteroatoms. The van der Waals surface area contributed by atoms with Crippen molar-refractivity contribution in [3.05, 3.63) is 45.6 Å². The fraction of sp³-hybridized carbons (Fsp3) is 0.375. The molecule has 2 aromatic rings. The Morgan fingerprint density at radius 1 is 1.14 bits per heavy atom. The molecule has 2 heterocycles. The lowest BCUT2D eigenvalue weighted by Gasteiger charge is -2.25. The van der Waals surface area contributed by atoms with Crippen molar-refractivity contribution >= 4 is 36.0 Å². The number of likely N-dealkylation sites (tertiary alicyclic amines) is 1. The predicted molar refractivity (Wildman–Crippen MR) is 91.1 cm³/mol. The lowest BCUT2D eigenvalue weighted by Crippen LogP contribution is -2.32. The summed E-state index contributed by atoms with van der Waals surface area (Å²) in [5, 5.41) is 5.15. The van der Waals surface area contributed by atoms with E-state index < -0.39 is 0 Å². The second-order valence-electron chi connectivity index (χ2n) is 5.41. The third kappa shape index (κ3) is 4.06. The molecule has 4 nitrogen and oxygen atoms in total. The third-order valence-corrected chi connectivity index (χ3v) is 4.24. The Kier molecular flexibility index (Phi) is 5.08. The highest BCUT2D eigenvalue weighted by molar-refractivity contribution is 7.71. The molecule has 1 aromatic heterocycles. The minimum absolute atomic E-state index is 0.418. The molecule has 116 valence electrons. The summed E-state index contributed by atoms with van der Waals surface area (Å²) in [6.07, 6.45) is 7.56. The van der Waals surface area contributed by atoms with Crippen LogP contribution in [0.5, 0.6) is 0 Å². The Hall–Kier alpha value is -1.43. The van der Waals surface area contributed by atoms with Gasteiger partial charge in [0.1, 0.15) is 0 Å². The van der Waals surface area contributed by atoms with E-state index in [0.29, 0.717) is 17.4 Å². The SMILES string of the molecule is S=c1oc(/C=C/c2ccc(Cl)cc2)nn1CN1CCCCC1. The molecule has 0 saturated carbocycles. The van der Waals surface area contributed by atoms with Crippen LogP contribution in [-0.4, -0.2) is 27.8 Å². The van der Waals surface area contributed by atoms with Gasteiger partial charge in [-0.15, -0.1) is 5.10 Å². The standard InChI is InChI=1S/C16H18ClN3OS/c17-14-7-4-13(5-8-14)6-9-15-18-20(16(22)21-15)12-19-10-2-1-3-11-19/h4-9H,1-3,10-12H2/b9-6+. The third-order valence-electron chi connectivity index (χ3n) is 3.69. The van der Waals surface area contributed by atoms with E-state index in [1.807, 2.05) is 36.4 Å². The molecule has 1 aliphatic heterocycles. The number of halogens is 1. The van der Waals surface area contributed by atoms with Crippen LogP contribution in [0.4, 0.5) is 0 Å². The number of nitrogens with zero attached hydrogens (tertiary/aromatic N) is 3. The monoisotopic (exact) mass is 335 g/mol. The van der Waals surface area contributed by atoms with Crippen molar-refractivity contribution < 1.29 is 4.42 Å². The van der Waals surface area contributed by atoms with Crippen molar-refractivity contribution in [2.75, 3.05) is 13.1 Å². The van der Waals surface area contributed by atoms with Gasteiger partial charge in [-0.1, -0.05) is 30.2 Å². The molecule has 1 aliphatic rings. The Bertz CT molecular complexity index is 699. The first-order valence-electron chi connectivity index (χ1n) is 7.45. The van der Waals surface area contributed by atoms with Gasteiger partial charge in [0.05, 0.1) is 6.67 Å². The smallest absolute Gasteiger partial charge is 0.288 e. The summed E-state index contributed by atoms with van der Waals surface area (Å²) in [6.45, 7) is 2.91. The number of hydrogen-bond acceptors (Lipinski definition) is 4. The predicted octanol–water partition coefficient (Wildman–Crippen LogP) is 4.47. The van der Waals surface area contributed by atoms with Crippen LogP contribution in [-0.2, 0) is 6.67 Å². The second-order valence-corrected chi connectivity index (χ2v) is 6.20. The molecule has 1 saturated heterocycles. The van der Waals surface area contributed by atoms with Gasteiger partial charge < -0.3 is 4.42 Å². The summed E-state index contributed by atoms with van der Waals surface area (Å²) >= 11 is 11.1. The van der Waals surface area contributed by atoms with Gasteiger partial charge >= 0.3 is 0 Å². The summed E-state index contributed by atoms with van der Waals surface area (Å²) < 4.78 is 7.28. The lowest BCUT2D eigenvalue weighted by molar-refractivity contribution is 0.170. The topological polar surface area (TPSA) is 34.2 Å². The number of rotatable bonds is 4. The minimum Gasteiger partial charge on any atom is -0.410 e. The summed E-state index contributed by atoms with van der Waals surface area (Å²) in [6, 6.07) is 7.59. The number of piperidine rings is 1. The molecule has 0 bridgehead atoms. The summed E-state index contributed by atoms with van der Waals surface area (Å²) in [4.78, 5) is 2.77. The minimum atomic E-state index is 0.418. The zero-order valence-corrected chi connectivity index (χ0v) is 13.8. The zero-order chi connectivity index (χ0) is 15.4. The van der Waals surface area contributed by atoms with Crippen molar-refractivity contribution in [3.63, 3.8) is 0 Å². The first-order chi connectivity index (χ1) is 10.7. The summed E-state index contributed by atoms with van der Waals surface area (Å²) in [7, 11) is 0. The Balaban J connectivity index is 1.68. The van der Waals surface area contributed by atoms with Gasteiger partial charge in [0.25, 0.3) is 4.84 Å². The van der Waals surface area contributed by atoms with Gasteiger partial charge in [-0.25, -0.2) is 4.68 Å². The van der Waals surface area contributed by atoms with Crippen molar-refractivity contribution in [1.82, 2.24) is 14.7 Å². The van der Waals surface area contributed by atoms with Gasteiger partial charge in [-0.05, 0) is 61.9 Å².